The summed E-state index contributed by atoms with van der Waals surface area (Å²) in [5.41, 5.74) is 1.50. The Bertz CT molecular complexity index is 1110. The summed E-state index contributed by atoms with van der Waals surface area (Å²) in [6, 6.07) is 5.67. The van der Waals surface area contributed by atoms with E-state index in [1.165, 1.54) is 6.08 Å². The molecule has 0 aliphatic carbocycles. The number of aromatic amines is 1. The number of anilines is 1. The van der Waals surface area contributed by atoms with Crippen LogP contribution in [-0.2, 0) is 11.8 Å². The molecule has 1 N–H and O–H groups in total. The Morgan fingerprint density at radius 3 is 2.41 bits per heavy atom. The molecule has 1 aromatic heterocycles. The lowest BCUT2D eigenvalue weighted by Gasteiger charge is -2.43. The zero-order valence-electron chi connectivity index (χ0n) is 18.8. The molecule has 1 saturated heterocycles. The van der Waals surface area contributed by atoms with Crippen LogP contribution in [0.3, 0.4) is 0 Å². The molecule has 2 aliphatic heterocycles. The molecule has 3 heterocycles. The van der Waals surface area contributed by atoms with Crippen LogP contribution in [0.4, 0.5) is 19.3 Å². The molecule has 32 heavy (non-hydrogen) atoms. The van der Waals surface area contributed by atoms with Crippen molar-refractivity contribution in [1.29, 1.82) is 0 Å². The third-order valence-corrected chi connectivity index (χ3v) is 5.78. The van der Waals surface area contributed by atoms with Crippen LogP contribution in [0.1, 0.15) is 20.8 Å². The highest BCUT2D eigenvalue weighted by Crippen LogP contribution is 2.34. The summed E-state index contributed by atoms with van der Waals surface area (Å²) in [5.74, 6) is -3.15. The van der Waals surface area contributed by atoms with Gasteiger partial charge in [0.2, 0.25) is 0 Å². The van der Waals surface area contributed by atoms with E-state index < -0.39 is 24.2 Å². The van der Waals surface area contributed by atoms with Gasteiger partial charge >= 0.3 is 17.7 Å². The van der Waals surface area contributed by atoms with Crippen LogP contribution < -0.4 is 10.6 Å². The number of piperazine rings is 1. The van der Waals surface area contributed by atoms with Crippen LogP contribution in [0.15, 0.2) is 34.8 Å². The third kappa shape index (κ3) is 4.18. The molecule has 0 atom stereocenters. The molecule has 1 aromatic carbocycles. The first-order valence-electron chi connectivity index (χ1n) is 10.7. The summed E-state index contributed by atoms with van der Waals surface area (Å²) in [6.07, 6.45) is 0.696. The molecule has 0 saturated carbocycles. The SMILES string of the molecule is Cn1c(=O)[nH]c2cccc(N3CCN(C4=CCN(C(=O)OC(C)(C)C)CC4(F)F)CC3)c21. The number of fused-ring (bicyclic) bond motifs is 1. The first-order valence-corrected chi connectivity index (χ1v) is 10.7. The summed E-state index contributed by atoms with van der Waals surface area (Å²) >= 11 is 0. The van der Waals surface area contributed by atoms with Crippen molar-refractivity contribution < 1.29 is 18.3 Å². The lowest BCUT2D eigenvalue weighted by atomic mass is 10.1. The number of amides is 1. The molecule has 1 amide bonds. The number of nitrogens with one attached hydrogen (secondary N) is 1. The second-order valence-electron chi connectivity index (χ2n) is 9.29. The molecule has 10 heteroatoms. The van der Waals surface area contributed by atoms with E-state index in [0.29, 0.717) is 26.2 Å². The van der Waals surface area contributed by atoms with Gasteiger partial charge in [0.1, 0.15) is 5.60 Å². The molecule has 8 nitrogen and oxygen atoms in total. The minimum absolute atomic E-state index is 0.0378. The quantitative estimate of drug-likeness (QED) is 0.763. The number of aryl methyl sites for hydroxylation is 1. The number of para-hydroxylation sites is 1. The summed E-state index contributed by atoms with van der Waals surface area (Å²) in [7, 11) is 1.71. The zero-order valence-corrected chi connectivity index (χ0v) is 18.8. The molecule has 1 fully saturated rings. The van der Waals surface area contributed by atoms with E-state index in [-0.39, 0.29) is 17.9 Å². The van der Waals surface area contributed by atoms with E-state index in [2.05, 4.69) is 9.88 Å². The number of H-pyrrole nitrogens is 1. The van der Waals surface area contributed by atoms with E-state index in [1.54, 1.807) is 37.3 Å². The molecule has 4 rings (SSSR count). The third-order valence-electron chi connectivity index (χ3n) is 5.78. The summed E-state index contributed by atoms with van der Waals surface area (Å²) in [6.45, 7) is 6.44. The lowest BCUT2D eigenvalue weighted by Crippen LogP contribution is -2.54. The molecule has 2 aromatic rings. The van der Waals surface area contributed by atoms with Crippen molar-refractivity contribution >= 4 is 22.8 Å². The highest BCUT2D eigenvalue weighted by atomic mass is 19.3. The van der Waals surface area contributed by atoms with Crippen molar-refractivity contribution in [3.8, 4) is 0 Å². The number of imidazole rings is 1. The molecule has 0 radical (unpaired) electrons. The number of nitrogens with zero attached hydrogens (tertiary/aromatic N) is 4. The van der Waals surface area contributed by atoms with Gasteiger partial charge in [-0.05, 0) is 39.0 Å². The van der Waals surface area contributed by atoms with Crippen LogP contribution in [-0.4, -0.2) is 76.2 Å². The van der Waals surface area contributed by atoms with E-state index in [4.69, 9.17) is 4.74 Å². The van der Waals surface area contributed by atoms with Gasteiger partial charge < -0.3 is 19.5 Å². The average molecular weight is 450 g/mol. The van der Waals surface area contributed by atoms with Gasteiger partial charge in [0.05, 0.1) is 29.0 Å². The van der Waals surface area contributed by atoms with Crippen molar-refractivity contribution in [2.24, 2.45) is 7.05 Å². The smallest absolute Gasteiger partial charge is 0.410 e. The fraction of sp³-hybridized carbons (Fsp3) is 0.545. The van der Waals surface area contributed by atoms with Crippen molar-refractivity contribution in [3.63, 3.8) is 0 Å². The van der Waals surface area contributed by atoms with Crippen LogP contribution in [0.2, 0.25) is 0 Å². The maximum Gasteiger partial charge on any atom is 0.410 e. The highest BCUT2D eigenvalue weighted by Gasteiger charge is 2.44. The number of carbonyl (C=O) groups excluding carboxylic acids is 1. The minimum atomic E-state index is -3.15. The predicted octanol–water partition coefficient (Wildman–Crippen LogP) is 2.76. The number of hydrogen-bond donors (Lipinski definition) is 1. The Morgan fingerprint density at radius 2 is 1.78 bits per heavy atom. The van der Waals surface area contributed by atoms with E-state index in [1.807, 2.05) is 18.2 Å². The predicted molar refractivity (Wildman–Crippen MR) is 118 cm³/mol. The fourth-order valence-corrected chi connectivity index (χ4v) is 4.29. The Labute approximate surface area is 185 Å². The van der Waals surface area contributed by atoms with Gasteiger partial charge in [-0.25, -0.2) is 9.59 Å². The fourth-order valence-electron chi connectivity index (χ4n) is 4.29. The van der Waals surface area contributed by atoms with Crippen LogP contribution in [0.25, 0.3) is 11.0 Å². The molecule has 174 valence electrons. The first-order chi connectivity index (χ1) is 15.0. The Balaban J connectivity index is 1.47. The number of ether oxygens (including phenoxy) is 1. The molecule has 0 unspecified atom stereocenters. The lowest BCUT2D eigenvalue weighted by molar-refractivity contribution is -0.0402. The number of halogens is 2. The monoisotopic (exact) mass is 449 g/mol. The minimum Gasteiger partial charge on any atom is -0.444 e. The topological polar surface area (TPSA) is 73.8 Å². The van der Waals surface area contributed by atoms with Crippen molar-refractivity contribution in [2.75, 3.05) is 44.2 Å². The number of aromatic nitrogens is 2. The van der Waals surface area contributed by atoms with Crippen molar-refractivity contribution in [3.05, 3.63) is 40.5 Å². The number of hydrogen-bond acceptors (Lipinski definition) is 5. The van der Waals surface area contributed by atoms with Crippen LogP contribution in [0, 0.1) is 0 Å². The molecule has 2 aliphatic rings. The van der Waals surface area contributed by atoms with Gasteiger partial charge in [-0.15, -0.1) is 0 Å². The van der Waals surface area contributed by atoms with Gasteiger partial charge in [0.15, 0.2) is 0 Å². The van der Waals surface area contributed by atoms with Gasteiger partial charge in [-0.2, -0.15) is 8.78 Å². The Morgan fingerprint density at radius 1 is 1.12 bits per heavy atom. The molecular weight excluding hydrogens is 420 g/mol. The van der Waals surface area contributed by atoms with Crippen LogP contribution in [0.5, 0.6) is 0 Å². The maximum absolute atomic E-state index is 15.0. The number of alkyl halides is 2. The summed E-state index contributed by atoms with van der Waals surface area (Å²) in [4.78, 5) is 31.9. The van der Waals surface area contributed by atoms with Crippen molar-refractivity contribution in [2.45, 2.75) is 32.3 Å². The zero-order chi connectivity index (χ0) is 23.3. The maximum atomic E-state index is 15.0. The number of rotatable bonds is 2. The summed E-state index contributed by atoms with van der Waals surface area (Å²) in [5, 5.41) is 0. The standard InChI is InChI=1S/C22H29F2N5O3/c1-21(2,3)32-20(31)29-9-8-17(22(23,24)14-29)28-12-10-27(11-13-28)16-7-5-6-15-18(16)26(4)19(30)25-15/h5-8H,9-14H2,1-4H3,(H,25,30). The largest absolute Gasteiger partial charge is 0.444 e. The van der Waals surface area contributed by atoms with E-state index in [9.17, 15) is 18.4 Å². The van der Waals surface area contributed by atoms with Gasteiger partial charge in [-0.3, -0.25) is 9.47 Å². The summed E-state index contributed by atoms with van der Waals surface area (Å²) < 4.78 is 36.7. The molecule has 0 bridgehead atoms. The van der Waals surface area contributed by atoms with Gasteiger partial charge in [-0.1, -0.05) is 6.07 Å². The van der Waals surface area contributed by atoms with Crippen molar-refractivity contribution in [1.82, 2.24) is 19.4 Å². The van der Waals surface area contributed by atoms with Gasteiger partial charge in [0, 0.05) is 39.8 Å². The molecule has 0 spiro atoms. The highest BCUT2D eigenvalue weighted by molar-refractivity contribution is 5.89. The number of carbonyl (C=O) groups is 1. The van der Waals surface area contributed by atoms with Crippen LogP contribution >= 0.6 is 0 Å². The second kappa shape index (κ2) is 7.83. The molecular formula is C22H29F2N5O3. The Hall–Kier alpha value is -3.04. The van der Waals surface area contributed by atoms with E-state index in [0.717, 1.165) is 21.6 Å². The Kier molecular flexibility index (Phi) is 5.42. The normalized spacial score (nSPS) is 19.3. The first kappa shape index (κ1) is 22.2. The number of benzene rings is 1. The van der Waals surface area contributed by atoms with E-state index >= 15 is 0 Å². The van der Waals surface area contributed by atoms with Gasteiger partial charge in [0.25, 0.3) is 0 Å². The second-order valence-corrected chi connectivity index (χ2v) is 9.29. The average Bonchev–Trinajstić information content (AvgIpc) is 3.00.